The summed E-state index contributed by atoms with van der Waals surface area (Å²) >= 11 is 0. The number of carbonyl (C=O) groups excluding carboxylic acids is 2. The van der Waals surface area contributed by atoms with E-state index in [4.69, 9.17) is 9.47 Å². The van der Waals surface area contributed by atoms with Crippen LogP contribution in [0.3, 0.4) is 0 Å². The molecule has 0 aliphatic heterocycles. The standard InChI is InChI=1S/C22H32O4/c1-17(2)20(24)25-13-12-21(3,4)16-22(5,6)14-19(23)26-15-18-10-8-7-9-11-18/h7-11H,1,12-16H2,2-6H3. The molecule has 26 heavy (non-hydrogen) atoms. The second-order valence-corrected chi connectivity index (χ2v) is 8.49. The third-order valence-electron chi connectivity index (χ3n) is 4.18. The largest absolute Gasteiger partial charge is 0.462 e. The molecule has 0 aromatic heterocycles. The lowest BCUT2D eigenvalue weighted by Crippen LogP contribution is -2.27. The molecule has 0 N–H and O–H groups in total. The van der Waals surface area contributed by atoms with Gasteiger partial charge in [-0.2, -0.15) is 0 Å². The lowest BCUT2D eigenvalue weighted by molar-refractivity contribution is -0.147. The summed E-state index contributed by atoms with van der Waals surface area (Å²) in [6, 6.07) is 9.67. The molecule has 0 aliphatic carbocycles. The molecule has 0 fully saturated rings. The van der Waals surface area contributed by atoms with Gasteiger partial charge in [0, 0.05) is 5.57 Å². The number of rotatable bonds is 10. The molecule has 0 amide bonds. The van der Waals surface area contributed by atoms with Gasteiger partial charge in [0.2, 0.25) is 0 Å². The number of esters is 2. The molecule has 0 saturated heterocycles. The predicted octanol–water partition coefficient (Wildman–Crippen LogP) is 5.07. The van der Waals surface area contributed by atoms with Crippen LogP contribution in [0.5, 0.6) is 0 Å². The first-order chi connectivity index (χ1) is 12.0. The first-order valence-electron chi connectivity index (χ1n) is 9.03. The molecule has 0 heterocycles. The van der Waals surface area contributed by atoms with Gasteiger partial charge in [-0.25, -0.2) is 4.79 Å². The highest BCUT2D eigenvalue weighted by atomic mass is 16.5. The van der Waals surface area contributed by atoms with Gasteiger partial charge in [0.25, 0.3) is 0 Å². The molecule has 4 heteroatoms. The maximum atomic E-state index is 12.2. The van der Waals surface area contributed by atoms with Gasteiger partial charge < -0.3 is 9.47 Å². The number of hydrogen-bond donors (Lipinski definition) is 0. The first kappa shape index (κ1) is 21.9. The highest BCUT2D eigenvalue weighted by molar-refractivity contribution is 5.86. The maximum absolute atomic E-state index is 12.2. The van der Waals surface area contributed by atoms with Crippen molar-refractivity contribution in [1.29, 1.82) is 0 Å². The quantitative estimate of drug-likeness (QED) is 0.432. The van der Waals surface area contributed by atoms with E-state index in [1.54, 1.807) is 6.92 Å². The van der Waals surface area contributed by atoms with Gasteiger partial charge in [0.1, 0.15) is 6.61 Å². The van der Waals surface area contributed by atoms with Gasteiger partial charge >= 0.3 is 11.9 Å². The van der Waals surface area contributed by atoms with Crippen molar-refractivity contribution in [3.8, 4) is 0 Å². The summed E-state index contributed by atoms with van der Waals surface area (Å²) in [4.78, 5) is 23.7. The molecular formula is C22H32O4. The second-order valence-electron chi connectivity index (χ2n) is 8.49. The molecule has 0 unspecified atom stereocenters. The van der Waals surface area contributed by atoms with E-state index in [2.05, 4.69) is 34.3 Å². The van der Waals surface area contributed by atoms with Crippen LogP contribution in [0.25, 0.3) is 0 Å². The van der Waals surface area contributed by atoms with Crippen LogP contribution < -0.4 is 0 Å². The Morgan fingerprint density at radius 3 is 2.19 bits per heavy atom. The Hall–Kier alpha value is -2.10. The van der Waals surface area contributed by atoms with E-state index in [1.807, 2.05) is 30.3 Å². The number of ether oxygens (including phenoxy) is 2. The van der Waals surface area contributed by atoms with Gasteiger partial charge in [-0.1, -0.05) is 64.6 Å². The molecule has 0 spiro atoms. The third-order valence-corrected chi connectivity index (χ3v) is 4.18. The molecule has 1 aromatic rings. The monoisotopic (exact) mass is 360 g/mol. The first-order valence-corrected chi connectivity index (χ1v) is 9.03. The van der Waals surface area contributed by atoms with E-state index in [0.717, 1.165) is 18.4 Å². The topological polar surface area (TPSA) is 52.6 Å². The van der Waals surface area contributed by atoms with Crippen LogP contribution in [0.1, 0.15) is 59.4 Å². The summed E-state index contributed by atoms with van der Waals surface area (Å²) in [5, 5.41) is 0. The van der Waals surface area contributed by atoms with Crippen molar-refractivity contribution in [2.24, 2.45) is 10.8 Å². The fourth-order valence-electron chi connectivity index (χ4n) is 3.17. The van der Waals surface area contributed by atoms with Crippen LogP contribution in [0.15, 0.2) is 42.5 Å². The molecule has 0 radical (unpaired) electrons. The minimum atomic E-state index is -0.357. The predicted molar refractivity (Wildman–Crippen MR) is 103 cm³/mol. The Labute approximate surface area is 157 Å². The zero-order chi connectivity index (χ0) is 19.8. The van der Waals surface area contributed by atoms with Gasteiger partial charge in [-0.3, -0.25) is 4.79 Å². The van der Waals surface area contributed by atoms with Crippen LogP contribution >= 0.6 is 0 Å². The van der Waals surface area contributed by atoms with Crippen LogP contribution in [0.2, 0.25) is 0 Å². The molecule has 1 rings (SSSR count). The number of benzene rings is 1. The molecule has 0 bridgehead atoms. The average Bonchev–Trinajstić information content (AvgIpc) is 2.51. The molecular weight excluding hydrogens is 328 g/mol. The summed E-state index contributed by atoms with van der Waals surface area (Å²) < 4.78 is 10.6. The Kier molecular flexibility index (Phi) is 8.07. The van der Waals surface area contributed by atoms with E-state index in [1.165, 1.54) is 0 Å². The average molecular weight is 360 g/mol. The van der Waals surface area contributed by atoms with Gasteiger partial charge in [0.05, 0.1) is 13.0 Å². The zero-order valence-electron chi connectivity index (χ0n) is 16.8. The van der Waals surface area contributed by atoms with E-state index in [9.17, 15) is 9.59 Å². The molecule has 4 nitrogen and oxygen atoms in total. The summed E-state index contributed by atoms with van der Waals surface area (Å²) in [6.45, 7) is 14.3. The highest BCUT2D eigenvalue weighted by Gasteiger charge is 2.31. The Morgan fingerprint density at radius 1 is 1.00 bits per heavy atom. The van der Waals surface area contributed by atoms with Crippen LogP contribution in [0.4, 0.5) is 0 Å². The normalized spacial score (nSPS) is 11.7. The van der Waals surface area contributed by atoms with Crippen molar-refractivity contribution in [2.45, 2.75) is 60.5 Å². The van der Waals surface area contributed by atoms with Crippen molar-refractivity contribution in [3.63, 3.8) is 0 Å². The molecule has 1 aromatic carbocycles. The van der Waals surface area contributed by atoms with Crippen molar-refractivity contribution < 1.29 is 19.1 Å². The summed E-state index contributed by atoms with van der Waals surface area (Å²) in [6.07, 6.45) is 1.91. The summed E-state index contributed by atoms with van der Waals surface area (Å²) in [7, 11) is 0. The molecule has 0 aliphatic rings. The zero-order valence-corrected chi connectivity index (χ0v) is 16.8. The van der Waals surface area contributed by atoms with E-state index < -0.39 is 0 Å². The second kappa shape index (κ2) is 9.56. The molecule has 144 valence electrons. The van der Waals surface area contributed by atoms with E-state index in [-0.39, 0.29) is 22.8 Å². The van der Waals surface area contributed by atoms with Gasteiger partial charge in [-0.15, -0.1) is 0 Å². The lowest BCUT2D eigenvalue weighted by atomic mass is 9.72. The molecule has 0 saturated carbocycles. The highest BCUT2D eigenvalue weighted by Crippen LogP contribution is 2.38. The van der Waals surface area contributed by atoms with Crippen molar-refractivity contribution in [1.82, 2.24) is 0 Å². The third kappa shape index (κ3) is 8.84. The number of hydrogen-bond acceptors (Lipinski definition) is 4. The molecule has 0 atom stereocenters. The Bertz CT molecular complexity index is 614. The maximum Gasteiger partial charge on any atom is 0.333 e. The summed E-state index contributed by atoms with van der Waals surface area (Å²) in [5.74, 6) is -0.548. The SMILES string of the molecule is C=C(C)C(=O)OCCC(C)(C)CC(C)(C)CC(=O)OCc1ccccc1. The van der Waals surface area contributed by atoms with E-state index in [0.29, 0.717) is 25.2 Å². The van der Waals surface area contributed by atoms with Crippen molar-refractivity contribution in [2.75, 3.05) is 6.61 Å². The Morgan fingerprint density at radius 2 is 1.62 bits per heavy atom. The number of carbonyl (C=O) groups is 2. The minimum Gasteiger partial charge on any atom is -0.462 e. The van der Waals surface area contributed by atoms with Crippen LogP contribution in [-0.4, -0.2) is 18.5 Å². The smallest absolute Gasteiger partial charge is 0.333 e. The van der Waals surface area contributed by atoms with E-state index >= 15 is 0 Å². The fraction of sp³-hybridized carbons (Fsp3) is 0.545. The van der Waals surface area contributed by atoms with Gasteiger partial charge in [-0.05, 0) is 36.2 Å². The van der Waals surface area contributed by atoms with Crippen molar-refractivity contribution in [3.05, 3.63) is 48.0 Å². The van der Waals surface area contributed by atoms with Crippen LogP contribution in [0, 0.1) is 10.8 Å². The Balaban J connectivity index is 2.43. The van der Waals surface area contributed by atoms with Crippen LogP contribution in [-0.2, 0) is 25.7 Å². The minimum absolute atomic E-state index is 0.0570. The fourth-order valence-corrected chi connectivity index (χ4v) is 3.17. The summed E-state index contributed by atoms with van der Waals surface area (Å²) in [5.41, 5.74) is 1.14. The lowest BCUT2D eigenvalue weighted by Gasteiger charge is -2.34. The van der Waals surface area contributed by atoms with Crippen molar-refractivity contribution >= 4 is 11.9 Å². The van der Waals surface area contributed by atoms with Gasteiger partial charge in [0.15, 0.2) is 0 Å².